The summed E-state index contributed by atoms with van der Waals surface area (Å²) in [6, 6.07) is 14.6. The van der Waals surface area contributed by atoms with Crippen LogP contribution in [0.2, 0.25) is 0 Å². The maximum absolute atomic E-state index is 11.5. The summed E-state index contributed by atoms with van der Waals surface area (Å²) in [4.78, 5) is 7.27. The van der Waals surface area contributed by atoms with Crippen molar-refractivity contribution in [3.05, 3.63) is 59.3 Å². The molecule has 0 unspecified atom stereocenters. The van der Waals surface area contributed by atoms with Crippen molar-refractivity contribution >= 4 is 9.84 Å². The lowest BCUT2D eigenvalue weighted by molar-refractivity contribution is 0.202. The van der Waals surface area contributed by atoms with Crippen LogP contribution in [0.3, 0.4) is 0 Å². The molecule has 1 aromatic carbocycles. The van der Waals surface area contributed by atoms with Gasteiger partial charge in [-0.15, -0.1) is 0 Å². The lowest BCUT2D eigenvalue weighted by Gasteiger charge is -2.31. The van der Waals surface area contributed by atoms with Gasteiger partial charge in [-0.2, -0.15) is 0 Å². The van der Waals surface area contributed by atoms with E-state index in [2.05, 4.69) is 41.3 Å². The van der Waals surface area contributed by atoms with Crippen LogP contribution in [0.15, 0.2) is 42.5 Å². The maximum atomic E-state index is 11.5. The molecule has 1 aliphatic carbocycles. The van der Waals surface area contributed by atoms with E-state index in [1.807, 2.05) is 13.0 Å². The molecule has 5 nitrogen and oxygen atoms in total. The molecule has 6 heteroatoms. The molecule has 0 amide bonds. The minimum Gasteiger partial charge on any atom is -0.477 e. The Morgan fingerprint density at radius 3 is 2.42 bits per heavy atom. The van der Waals surface area contributed by atoms with Crippen LogP contribution in [0.5, 0.6) is 5.88 Å². The Hall–Kier alpha value is -1.92. The monoisotopic (exact) mass is 442 g/mol. The predicted molar refractivity (Wildman–Crippen MR) is 124 cm³/mol. The molecule has 1 saturated carbocycles. The second-order valence-electron chi connectivity index (χ2n) is 9.44. The Morgan fingerprint density at radius 1 is 1.06 bits per heavy atom. The highest BCUT2D eigenvalue weighted by molar-refractivity contribution is 7.90. The Kier molecular flexibility index (Phi) is 6.97. The molecule has 1 atom stereocenters. The highest BCUT2D eigenvalue weighted by Gasteiger charge is 2.24. The summed E-state index contributed by atoms with van der Waals surface area (Å²) in [6.45, 7) is 5.84. The Bertz CT molecular complexity index is 963. The Morgan fingerprint density at radius 2 is 1.77 bits per heavy atom. The second-order valence-corrected chi connectivity index (χ2v) is 11.6. The van der Waals surface area contributed by atoms with Crippen molar-refractivity contribution in [2.45, 2.75) is 51.0 Å². The summed E-state index contributed by atoms with van der Waals surface area (Å²) >= 11 is 0. The van der Waals surface area contributed by atoms with Crippen LogP contribution in [-0.4, -0.2) is 50.0 Å². The smallest absolute Gasteiger partial charge is 0.213 e. The van der Waals surface area contributed by atoms with E-state index in [0.717, 1.165) is 62.1 Å². The quantitative estimate of drug-likeness (QED) is 0.576. The van der Waals surface area contributed by atoms with Gasteiger partial charge in [-0.05, 0) is 67.8 Å². The van der Waals surface area contributed by atoms with Gasteiger partial charge < -0.3 is 4.74 Å². The van der Waals surface area contributed by atoms with E-state index in [0.29, 0.717) is 5.92 Å². The third-order valence-corrected chi connectivity index (χ3v) is 7.53. The fourth-order valence-electron chi connectivity index (χ4n) is 4.37. The van der Waals surface area contributed by atoms with Gasteiger partial charge >= 0.3 is 0 Å². The van der Waals surface area contributed by atoms with Gasteiger partial charge in [-0.1, -0.05) is 37.3 Å². The zero-order valence-electron chi connectivity index (χ0n) is 18.7. The topological polar surface area (TPSA) is 59.5 Å². The maximum Gasteiger partial charge on any atom is 0.213 e. The van der Waals surface area contributed by atoms with E-state index < -0.39 is 9.84 Å². The van der Waals surface area contributed by atoms with Gasteiger partial charge in [-0.3, -0.25) is 4.90 Å². The molecule has 1 aromatic heterocycles. The minimum atomic E-state index is -2.96. The first-order chi connectivity index (χ1) is 14.9. The van der Waals surface area contributed by atoms with Gasteiger partial charge in [0, 0.05) is 30.5 Å². The van der Waals surface area contributed by atoms with Crippen LogP contribution in [0.4, 0.5) is 0 Å². The fourth-order valence-corrected chi connectivity index (χ4v) is 5.47. The normalized spacial score (nSPS) is 19.3. The molecule has 2 aromatic rings. The molecule has 2 heterocycles. The Balaban J connectivity index is 1.27. The molecule has 2 fully saturated rings. The van der Waals surface area contributed by atoms with Gasteiger partial charge in [0.25, 0.3) is 0 Å². The SMILES string of the molecule is C[C@@H](CS(C)(=O)=O)c1ccc(CN2CCC(c3cccc(OCC4CC4)n3)CC2)cc1. The van der Waals surface area contributed by atoms with Crippen molar-refractivity contribution in [3.63, 3.8) is 0 Å². The number of benzene rings is 1. The molecule has 1 saturated heterocycles. The summed E-state index contributed by atoms with van der Waals surface area (Å²) < 4.78 is 28.9. The first-order valence-corrected chi connectivity index (χ1v) is 13.5. The zero-order chi connectivity index (χ0) is 21.8. The molecule has 0 radical (unpaired) electrons. The average molecular weight is 443 g/mol. The number of ether oxygens (including phenoxy) is 1. The zero-order valence-corrected chi connectivity index (χ0v) is 19.5. The first kappa shape index (κ1) is 22.3. The second kappa shape index (κ2) is 9.70. The van der Waals surface area contributed by atoms with E-state index in [1.54, 1.807) is 0 Å². The van der Waals surface area contributed by atoms with E-state index in [4.69, 9.17) is 9.72 Å². The third-order valence-electron chi connectivity index (χ3n) is 6.42. The van der Waals surface area contributed by atoms with Gasteiger partial charge in [0.05, 0.1) is 12.4 Å². The van der Waals surface area contributed by atoms with Crippen molar-refractivity contribution < 1.29 is 13.2 Å². The van der Waals surface area contributed by atoms with E-state index in [-0.39, 0.29) is 11.7 Å². The summed E-state index contributed by atoms with van der Waals surface area (Å²) in [5, 5.41) is 0. The van der Waals surface area contributed by atoms with Crippen LogP contribution < -0.4 is 4.74 Å². The third kappa shape index (κ3) is 6.78. The van der Waals surface area contributed by atoms with Crippen molar-refractivity contribution in [2.24, 2.45) is 5.92 Å². The molecule has 0 N–H and O–H groups in total. The number of piperidine rings is 1. The van der Waals surface area contributed by atoms with Crippen molar-refractivity contribution in [1.82, 2.24) is 9.88 Å². The van der Waals surface area contributed by atoms with Crippen LogP contribution in [0.25, 0.3) is 0 Å². The van der Waals surface area contributed by atoms with Crippen molar-refractivity contribution in [3.8, 4) is 5.88 Å². The van der Waals surface area contributed by atoms with E-state index >= 15 is 0 Å². The number of likely N-dealkylation sites (tertiary alicyclic amines) is 1. The van der Waals surface area contributed by atoms with E-state index in [9.17, 15) is 8.42 Å². The van der Waals surface area contributed by atoms with Gasteiger partial charge in [0.15, 0.2) is 0 Å². The highest BCUT2D eigenvalue weighted by Crippen LogP contribution is 2.31. The number of sulfone groups is 1. The lowest BCUT2D eigenvalue weighted by atomic mass is 9.92. The predicted octanol–water partition coefficient (Wildman–Crippen LogP) is 4.40. The molecule has 0 bridgehead atoms. The minimum absolute atomic E-state index is 0.0244. The summed E-state index contributed by atoms with van der Waals surface area (Å²) in [5.74, 6) is 2.24. The average Bonchev–Trinajstić information content (AvgIpc) is 3.57. The largest absolute Gasteiger partial charge is 0.477 e. The molecule has 0 spiro atoms. The molecular weight excluding hydrogens is 408 g/mol. The molecule has 2 aliphatic rings. The van der Waals surface area contributed by atoms with Gasteiger partial charge in [0.1, 0.15) is 9.84 Å². The number of hydrogen-bond acceptors (Lipinski definition) is 5. The van der Waals surface area contributed by atoms with Crippen LogP contribution in [0, 0.1) is 5.92 Å². The number of nitrogens with zero attached hydrogens (tertiary/aromatic N) is 2. The highest BCUT2D eigenvalue weighted by atomic mass is 32.2. The molecule has 4 rings (SSSR count). The first-order valence-electron chi connectivity index (χ1n) is 11.4. The summed E-state index contributed by atoms with van der Waals surface area (Å²) in [7, 11) is -2.96. The number of rotatable bonds is 9. The molecule has 168 valence electrons. The molecule has 1 aliphatic heterocycles. The van der Waals surface area contributed by atoms with Crippen molar-refractivity contribution in [2.75, 3.05) is 31.7 Å². The number of pyridine rings is 1. The lowest BCUT2D eigenvalue weighted by Crippen LogP contribution is -2.32. The van der Waals surface area contributed by atoms with Crippen LogP contribution >= 0.6 is 0 Å². The van der Waals surface area contributed by atoms with Crippen LogP contribution in [0.1, 0.15) is 61.3 Å². The van der Waals surface area contributed by atoms with Gasteiger partial charge in [0.2, 0.25) is 5.88 Å². The van der Waals surface area contributed by atoms with E-state index in [1.165, 1.54) is 24.7 Å². The number of hydrogen-bond donors (Lipinski definition) is 0. The fraction of sp³-hybridized carbons (Fsp3) is 0.560. The van der Waals surface area contributed by atoms with Gasteiger partial charge in [-0.25, -0.2) is 13.4 Å². The Labute approximate surface area is 186 Å². The van der Waals surface area contributed by atoms with Crippen molar-refractivity contribution in [1.29, 1.82) is 0 Å². The molecule has 31 heavy (non-hydrogen) atoms. The summed E-state index contributed by atoms with van der Waals surface area (Å²) in [6.07, 6.45) is 6.11. The molecular formula is C25H34N2O3S. The number of aromatic nitrogens is 1. The van der Waals surface area contributed by atoms with Crippen LogP contribution in [-0.2, 0) is 16.4 Å². The summed E-state index contributed by atoms with van der Waals surface area (Å²) in [5.41, 5.74) is 3.53. The standard InChI is InChI=1S/C25H34N2O3S/c1-19(18-31(2,28)29)22-10-8-20(9-11-22)16-27-14-12-23(13-15-27)24-4-3-5-25(26-24)30-17-21-6-7-21/h3-5,8-11,19,21,23H,6-7,12-18H2,1-2H3/t19-/m0/s1.